The van der Waals surface area contributed by atoms with Crippen LogP contribution in [0.25, 0.3) is 22.2 Å². The van der Waals surface area contributed by atoms with Crippen LogP contribution in [0.3, 0.4) is 0 Å². The van der Waals surface area contributed by atoms with Gasteiger partial charge < -0.3 is 8.83 Å². The molecule has 0 radical (unpaired) electrons. The fourth-order valence-electron chi connectivity index (χ4n) is 2.42. The lowest BCUT2D eigenvalue weighted by Crippen LogP contribution is -2.47. The number of aromatic nitrogens is 2. The Labute approximate surface area is 153 Å². The number of nitro benzene ring substituents is 2. The van der Waals surface area contributed by atoms with Crippen LogP contribution in [0.15, 0.2) is 45.2 Å². The first-order valence-corrected chi connectivity index (χ1v) is 7.57. The molecule has 0 spiro atoms. The van der Waals surface area contributed by atoms with E-state index in [0.29, 0.717) is 11.1 Å². The van der Waals surface area contributed by atoms with Crippen molar-refractivity contribution < 1.29 is 18.7 Å². The number of nitrogens with zero attached hydrogens (tertiary/aromatic N) is 5. The Morgan fingerprint density at radius 1 is 0.929 bits per heavy atom. The summed E-state index contributed by atoms with van der Waals surface area (Å²) in [6, 6.07) is 7.74. The quantitative estimate of drug-likeness (QED) is 0.248. The number of benzene rings is 2. The minimum Gasteiger partial charge on any atom is -0.422 e. The first-order valence-electron chi connectivity index (χ1n) is 7.57. The predicted molar refractivity (Wildman–Crippen MR) is 94.8 cm³/mol. The van der Waals surface area contributed by atoms with Crippen LogP contribution in [-0.2, 0) is 0 Å². The lowest BCUT2D eigenvalue weighted by atomic mass is 10.3. The van der Waals surface area contributed by atoms with Crippen molar-refractivity contribution in [3.8, 4) is 0 Å². The van der Waals surface area contributed by atoms with Crippen molar-refractivity contribution in [2.75, 3.05) is 10.5 Å². The maximum atomic E-state index is 10.9. The minimum absolute atomic E-state index is 0.0540. The van der Waals surface area contributed by atoms with Gasteiger partial charge in [0.2, 0.25) is 0 Å². The zero-order valence-electron chi connectivity index (χ0n) is 13.7. The summed E-state index contributed by atoms with van der Waals surface area (Å²) in [5, 5.41) is 22.7. The zero-order chi connectivity index (χ0) is 19.8. The van der Waals surface area contributed by atoms with Gasteiger partial charge in [-0.05, 0) is 12.1 Å². The highest BCUT2D eigenvalue weighted by Crippen LogP contribution is 2.27. The van der Waals surface area contributed by atoms with Crippen LogP contribution in [0, 0.1) is 20.2 Å². The Hall–Kier alpha value is -4.30. The summed E-state index contributed by atoms with van der Waals surface area (Å²) in [5.74, 6) is 5.46. The summed E-state index contributed by atoms with van der Waals surface area (Å²) < 4.78 is 10.9. The second-order valence-electron chi connectivity index (χ2n) is 5.41. The van der Waals surface area contributed by atoms with Crippen molar-refractivity contribution in [3.63, 3.8) is 0 Å². The van der Waals surface area contributed by atoms with E-state index in [4.69, 9.17) is 14.7 Å². The van der Waals surface area contributed by atoms with Crippen LogP contribution >= 0.6 is 0 Å². The third-order valence-electron chi connectivity index (χ3n) is 3.68. The molecule has 0 unspecified atom stereocenters. The lowest BCUT2D eigenvalue weighted by Gasteiger charge is -2.17. The highest BCUT2D eigenvalue weighted by Gasteiger charge is 2.19. The monoisotopic (exact) mass is 386 g/mol. The molecule has 142 valence electrons. The van der Waals surface area contributed by atoms with Crippen molar-refractivity contribution in [2.45, 2.75) is 0 Å². The van der Waals surface area contributed by atoms with Crippen LogP contribution in [0.4, 0.5) is 23.4 Å². The molecule has 14 nitrogen and oxygen atoms in total. The largest absolute Gasteiger partial charge is 0.422 e. The second-order valence-corrected chi connectivity index (χ2v) is 5.41. The van der Waals surface area contributed by atoms with Crippen LogP contribution in [0.1, 0.15) is 0 Å². The predicted octanol–water partition coefficient (Wildman–Crippen LogP) is 2.00. The summed E-state index contributed by atoms with van der Waals surface area (Å²) in [6.45, 7) is 0. The number of hydrogen-bond acceptors (Lipinski definition) is 12. The fourth-order valence-corrected chi connectivity index (χ4v) is 2.42. The zero-order valence-corrected chi connectivity index (χ0v) is 13.7. The highest BCUT2D eigenvalue weighted by atomic mass is 16.6. The van der Waals surface area contributed by atoms with Gasteiger partial charge in [-0.3, -0.25) is 26.1 Å². The van der Waals surface area contributed by atoms with Crippen molar-refractivity contribution in [2.24, 2.45) is 5.84 Å². The van der Waals surface area contributed by atoms with Gasteiger partial charge in [0.15, 0.2) is 11.2 Å². The third-order valence-corrected chi connectivity index (χ3v) is 3.68. The van der Waals surface area contributed by atoms with E-state index in [1.54, 1.807) is 0 Å². The normalized spacial score (nSPS) is 11.0. The maximum absolute atomic E-state index is 10.9. The Balaban J connectivity index is 1.64. The van der Waals surface area contributed by atoms with E-state index >= 15 is 0 Å². The number of non-ortho nitro benzene ring substituents is 2. The van der Waals surface area contributed by atoms with Gasteiger partial charge in [0, 0.05) is 18.2 Å². The summed E-state index contributed by atoms with van der Waals surface area (Å²) in [4.78, 5) is 28.8. The number of oxazole rings is 2. The molecule has 14 heteroatoms. The fraction of sp³-hybridized carbons (Fsp3) is 0. The van der Waals surface area contributed by atoms with Crippen molar-refractivity contribution in [1.29, 1.82) is 0 Å². The van der Waals surface area contributed by atoms with E-state index in [2.05, 4.69) is 20.9 Å². The SMILES string of the molecule is NNN(Nc1nc2cc([N+](=O)[O-])ccc2o1)c1nc2ccc([N+](=O)[O-])cc2o1. The van der Waals surface area contributed by atoms with Crippen LogP contribution in [0.2, 0.25) is 0 Å². The van der Waals surface area contributed by atoms with E-state index < -0.39 is 9.85 Å². The molecular weight excluding hydrogens is 376 g/mol. The molecule has 4 aromatic rings. The Kier molecular flexibility index (Phi) is 3.95. The molecule has 28 heavy (non-hydrogen) atoms. The third kappa shape index (κ3) is 3.00. The van der Waals surface area contributed by atoms with E-state index in [1.807, 2.05) is 0 Å². The molecule has 4 rings (SSSR count). The van der Waals surface area contributed by atoms with E-state index in [1.165, 1.54) is 36.4 Å². The Morgan fingerprint density at radius 2 is 1.64 bits per heavy atom. The van der Waals surface area contributed by atoms with Crippen molar-refractivity contribution in [3.05, 3.63) is 56.6 Å². The number of hydrogen-bond donors (Lipinski definition) is 3. The number of nitrogens with two attached hydrogens (primary N) is 1. The molecule has 2 aromatic carbocycles. The molecule has 0 amide bonds. The van der Waals surface area contributed by atoms with Gasteiger partial charge in [-0.25, -0.2) is 5.43 Å². The summed E-state index contributed by atoms with van der Waals surface area (Å²) in [7, 11) is 0. The standard InChI is InChI=1S/C14H10N8O6/c15-19-20(14-17-9-3-1-8(22(25)26)6-12(9)28-14)18-13-16-10-5-7(21(23)24)2-4-11(10)27-13/h1-6,19H,15H2,(H,16,18). The first-order chi connectivity index (χ1) is 13.4. The van der Waals surface area contributed by atoms with Gasteiger partial charge >= 0.3 is 12.0 Å². The minimum atomic E-state index is -0.559. The lowest BCUT2D eigenvalue weighted by molar-refractivity contribution is -0.384. The van der Waals surface area contributed by atoms with Gasteiger partial charge in [-0.2, -0.15) is 9.97 Å². The first kappa shape index (κ1) is 17.1. The molecule has 0 aliphatic rings. The molecule has 0 bridgehead atoms. The molecular formula is C14H10N8O6. The number of nitro groups is 2. The number of anilines is 2. The number of nitrogens with one attached hydrogen (secondary N) is 2. The Morgan fingerprint density at radius 3 is 2.36 bits per heavy atom. The second kappa shape index (κ2) is 6.45. The number of hydrazine groups is 3. The summed E-state index contributed by atoms with van der Waals surface area (Å²) in [6.07, 6.45) is 0. The van der Waals surface area contributed by atoms with Gasteiger partial charge in [-0.15, -0.1) is 10.7 Å². The highest BCUT2D eigenvalue weighted by molar-refractivity contribution is 5.78. The molecule has 0 saturated carbocycles. The molecule has 4 N–H and O–H groups in total. The van der Waals surface area contributed by atoms with Gasteiger partial charge in [0.25, 0.3) is 11.4 Å². The van der Waals surface area contributed by atoms with Gasteiger partial charge in [-0.1, -0.05) is 0 Å². The van der Waals surface area contributed by atoms with Crippen molar-refractivity contribution >= 4 is 45.6 Å². The average Bonchev–Trinajstić information content (AvgIpc) is 3.27. The van der Waals surface area contributed by atoms with Crippen LogP contribution in [0.5, 0.6) is 0 Å². The number of rotatable bonds is 6. The van der Waals surface area contributed by atoms with Gasteiger partial charge in [0.05, 0.1) is 15.9 Å². The van der Waals surface area contributed by atoms with Crippen molar-refractivity contribution in [1.82, 2.24) is 15.5 Å². The smallest absolute Gasteiger partial charge is 0.334 e. The summed E-state index contributed by atoms with van der Waals surface area (Å²) in [5.41, 5.74) is 5.69. The van der Waals surface area contributed by atoms with E-state index in [-0.39, 0.29) is 34.5 Å². The molecule has 0 aliphatic heterocycles. The molecule has 2 aromatic heterocycles. The summed E-state index contributed by atoms with van der Waals surface area (Å²) >= 11 is 0. The molecule has 0 aliphatic carbocycles. The van der Waals surface area contributed by atoms with E-state index in [9.17, 15) is 20.2 Å². The van der Waals surface area contributed by atoms with E-state index in [0.717, 1.165) is 5.12 Å². The average molecular weight is 386 g/mol. The van der Waals surface area contributed by atoms with Crippen LogP contribution < -0.4 is 21.9 Å². The molecule has 2 heterocycles. The molecule has 0 saturated heterocycles. The Bertz CT molecular complexity index is 1220. The topological polar surface area (TPSA) is 192 Å². The maximum Gasteiger partial charge on any atom is 0.334 e. The molecule has 0 atom stereocenters. The van der Waals surface area contributed by atoms with Gasteiger partial charge in [0.1, 0.15) is 11.0 Å². The molecule has 0 fully saturated rings. The number of fused-ring (bicyclic) bond motifs is 2. The van der Waals surface area contributed by atoms with Crippen LogP contribution in [-0.4, -0.2) is 19.8 Å².